The molecule has 0 aromatic heterocycles. The largest absolute Gasteiger partial charge is 0.382 e. The van der Waals surface area contributed by atoms with Gasteiger partial charge >= 0.3 is 0 Å². The van der Waals surface area contributed by atoms with Crippen LogP contribution in [0, 0.1) is 11.3 Å². The second kappa shape index (κ2) is 4.95. The number of nitrogens with zero attached hydrogens (tertiary/aromatic N) is 1. The van der Waals surface area contributed by atoms with Crippen molar-refractivity contribution in [3.05, 3.63) is 0 Å². The molecule has 1 atom stereocenters. The molecule has 0 aromatic carbocycles. The molecule has 0 fully saturated rings. The molecule has 0 aliphatic rings. The van der Waals surface area contributed by atoms with E-state index in [0.717, 1.165) is 0 Å². The maximum atomic E-state index is 8.31. The molecule has 0 N–H and O–H groups in total. The summed E-state index contributed by atoms with van der Waals surface area (Å²) in [6.45, 7) is 0.525. The predicted octanol–water partition coefficient (Wildman–Crippen LogP) is 0.888. The van der Waals surface area contributed by atoms with Crippen molar-refractivity contribution in [1.82, 2.24) is 0 Å². The molecule has 8 heavy (non-hydrogen) atoms. The Morgan fingerprint density at radius 2 is 2.50 bits per heavy atom. The summed E-state index contributed by atoms with van der Waals surface area (Å²) in [5, 5.41) is 8.31. The lowest BCUT2D eigenvalue weighted by Gasteiger charge is -2.00. The highest BCUT2D eigenvalue weighted by Crippen LogP contribution is 2.03. The number of hydrogen-bond donors (Lipinski definition) is 0. The number of rotatable bonds is 3. The van der Waals surface area contributed by atoms with Crippen LogP contribution in [0.2, 0.25) is 0 Å². The van der Waals surface area contributed by atoms with Crippen molar-refractivity contribution in [3.63, 3.8) is 0 Å². The molecule has 46 valence electrons. The summed E-state index contributed by atoms with van der Waals surface area (Å²) >= 11 is 1.51. The first-order valence-electron chi connectivity index (χ1n) is 2.26. The molecular formula is C5H9NOS. The van der Waals surface area contributed by atoms with Crippen LogP contribution >= 0.6 is 11.8 Å². The minimum atomic E-state index is -0.000000000000000444. The normalized spacial score (nSPS) is 12.6. The smallest absolute Gasteiger partial charge is 0.115 e. The molecule has 3 heteroatoms. The van der Waals surface area contributed by atoms with E-state index in [2.05, 4.69) is 6.07 Å². The number of thioether (sulfide) groups is 1. The van der Waals surface area contributed by atoms with Crippen LogP contribution in [0.4, 0.5) is 0 Å². The summed E-state index contributed by atoms with van der Waals surface area (Å²) in [7, 11) is 1.60. The molecule has 1 unspecified atom stereocenters. The summed E-state index contributed by atoms with van der Waals surface area (Å²) in [5.41, 5.74) is 0. The Kier molecular flexibility index (Phi) is 4.82. The Hall–Kier alpha value is -0.200. The van der Waals surface area contributed by atoms with Gasteiger partial charge < -0.3 is 4.74 Å². The molecule has 0 aliphatic carbocycles. The molecule has 0 heterocycles. The van der Waals surface area contributed by atoms with E-state index < -0.39 is 0 Å². The second-order valence-electron chi connectivity index (χ2n) is 1.31. The molecule has 0 spiro atoms. The average molecular weight is 131 g/mol. The minimum absolute atomic E-state index is 0.000000000000000444. The SMILES string of the molecule is COCC(C#N)SC. The van der Waals surface area contributed by atoms with E-state index in [1.165, 1.54) is 11.8 Å². The van der Waals surface area contributed by atoms with E-state index in [-0.39, 0.29) is 5.25 Å². The van der Waals surface area contributed by atoms with Crippen LogP contribution in [0.3, 0.4) is 0 Å². The van der Waals surface area contributed by atoms with Crippen molar-refractivity contribution in [1.29, 1.82) is 5.26 Å². The summed E-state index contributed by atoms with van der Waals surface area (Å²) in [6, 6.07) is 2.09. The van der Waals surface area contributed by atoms with E-state index in [0.29, 0.717) is 6.61 Å². The zero-order valence-corrected chi connectivity index (χ0v) is 5.86. The zero-order chi connectivity index (χ0) is 6.41. The highest BCUT2D eigenvalue weighted by Gasteiger charge is 2.00. The van der Waals surface area contributed by atoms with E-state index >= 15 is 0 Å². The fraction of sp³-hybridized carbons (Fsp3) is 0.800. The molecular weight excluding hydrogens is 122 g/mol. The molecule has 0 amide bonds. The van der Waals surface area contributed by atoms with Crippen LogP contribution in [-0.2, 0) is 4.74 Å². The molecule has 2 nitrogen and oxygen atoms in total. The number of nitriles is 1. The molecule has 0 radical (unpaired) electrons. The predicted molar refractivity (Wildman–Crippen MR) is 34.8 cm³/mol. The molecule has 0 saturated heterocycles. The minimum Gasteiger partial charge on any atom is -0.382 e. The van der Waals surface area contributed by atoms with Crippen molar-refractivity contribution < 1.29 is 4.74 Å². The van der Waals surface area contributed by atoms with Gasteiger partial charge in [-0.05, 0) is 6.26 Å². The average Bonchev–Trinajstić information content (AvgIpc) is 1.83. The van der Waals surface area contributed by atoms with Crippen molar-refractivity contribution in [2.24, 2.45) is 0 Å². The van der Waals surface area contributed by atoms with E-state index in [4.69, 9.17) is 10.00 Å². The lowest BCUT2D eigenvalue weighted by atomic mass is 10.5. The van der Waals surface area contributed by atoms with E-state index in [1.54, 1.807) is 7.11 Å². The van der Waals surface area contributed by atoms with Crippen molar-refractivity contribution >= 4 is 11.8 Å². The fourth-order valence-corrected chi connectivity index (χ4v) is 0.687. The van der Waals surface area contributed by atoms with Crippen molar-refractivity contribution in [2.75, 3.05) is 20.0 Å². The van der Waals surface area contributed by atoms with Crippen LogP contribution in [0.15, 0.2) is 0 Å². The van der Waals surface area contributed by atoms with Gasteiger partial charge in [-0.15, -0.1) is 11.8 Å². The van der Waals surface area contributed by atoms with E-state index in [9.17, 15) is 0 Å². The Morgan fingerprint density at radius 1 is 1.88 bits per heavy atom. The highest BCUT2D eigenvalue weighted by atomic mass is 32.2. The summed E-state index contributed by atoms with van der Waals surface area (Å²) in [5.74, 6) is 0. The van der Waals surface area contributed by atoms with Crippen LogP contribution < -0.4 is 0 Å². The van der Waals surface area contributed by atoms with Gasteiger partial charge in [0.15, 0.2) is 0 Å². The van der Waals surface area contributed by atoms with Crippen LogP contribution in [0.25, 0.3) is 0 Å². The van der Waals surface area contributed by atoms with Crippen LogP contribution in [-0.4, -0.2) is 25.2 Å². The maximum absolute atomic E-state index is 8.31. The highest BCUT2D eigenvalue weighted by molar-refractivity contribution is 7.99. The maximum Gasteiger partial charge on any atom is 0.115 e. The van der Waals surface area contributed by atoms with Crippen molar-refractivity contribution in [3.8, 4) is 6.07 Å². The number of methoxy groups -OCH3 is 1. The van der Waals surface area contributed by atoms with Gasteiger partial charge in [-0.3, -0.25) is 0 Å². The van der Waals surface area contributed by atoms with Gasteiger partial charge in [-0.2, -0.15) is 5.26 Å². The Bertz CT molecular complexity index is 88.9. The van der Waals surface area contributed by atoms with E-state index in [1.807, 2.05) is 6.26 Å². The van der Waals surface area contributed by atoms with Gasteiger partial charge in [0.2, 0.25) is 0 Å². The lowest BCUT2D eigenvalue weighted by molar-refractivity contribution is 0.209. The third-order valence-corrected chi connectivity index (χ3v) is 1.56. The summed E-state index contributed by atoms with van der Waals surface area (Å²) < 4.78 is 4.74. The van der Waals surface area contributed by atoms with Crippen LogP contribution in [0.5, 0.6) is 0 Å². The molecule has 0 aliphatic heterocycles. The van der Waals surface area contributed by atoms with Crippen LogP contribution in [0.1, 0.15) is 0 Å². The molecule has 0 saturated carbocycles. The van der Waals surface area contributed by atoms with Gasteiger partial charge in [0.25, 0.3) is 0 Å². The Labute approximate surface area is 53.8 Å². The molecule has 0 aromatic rings. The fourth-order valence-electron chi connectivity index (χ4n) is 0.309. The first kappa shape index (κ1) is 7.80. The van der Waals surface area contributed by atoms with Gasteiger partial charge in [0, 0.05) is 7.11 Å². The van der Waals surface area contributed by atoms with Gasteiger partial charge in [0.1, 0.15) is 5.25 Å². The van der Waals surface area contributed by atoms with Crippen molar-refractivity contribution in [2.45, 2.75) is 5.25 Å². The standard InChI is InChI=1S/C5H9NOS/c1-7-4-5(3-6)8-2/h5H,4H2,1-2H3. The second-order valence-corrected chi connectivity index (χ2v) is 2.35. The van der Waals surface area contributed by atoms with Gasteiger partial charge in [0.05, 0.1) is 12.7 Å². The topological polar surface area (TPSA) is 33.0 Å². The third kappa shape index (κ3) is 2.89. The summed E-state index contributed by atoms with van der Waals surface area (Å²) in [4.78, 5) is 0. The quantitative estimate of drug-likeness (QED) is 0.570. The number of hydrogen-bond acceptors (Lipinski definition) is 3. The summed E-state index contributed by atoms with van der Waals surface area (Å²) in [6.07, 6.45) is 1.90. The Morgan fingerprint density at radius 3 is 2.62 bits per heavy atom. The lowest BCUT2D eigenvalue weighted by Crippen LogP contribution is -2.05. The third-order valence-electron chi connectivity index (χ3n) is 0.747. The monoisotopic (exact) mass is 131 g/mol. The first-order chi connectivity index (χ1) is 3.85. The first-order valence-corrected chi connectivity index (χ1v) is 3.55. The zero-order valence-electron chi connectivity index (χ0n) is 5.05. The number of ether oxygens (including phenoxy) is 1. The Balaban J connectivity index is 3.26. The molecule has 0 bridgehead atoms. The van der Waals surface area contributed by atoms with Gasteiger partial charge in [-0.1, -0.05) is 0 Å². The molecule has 0 rings (SSSR count). The van der Waals surface area contributed by atoms with Gasteiger partial charge in [-0.25, -0.2) is 0 Å².